The summed E-state index contributed by atoms with van der Waals surface area (Å²) in [5, 5.41) is 16.0. The van der Waals surface area contributed by atoms with Crippen molar-refractivity contribution in [3.05, 3.63) is 54.1 Å². The standard InChI is InChI=1S/C11H10O2.C2H7NO/c12-11(13)9-5-4-8-10-6-2-1-3-7-10;3-1-2-4/h1-9H,(H,12,13);4H,1-3H2. The van der Waals surface area contributed by atoms with Gasteiger partial charge in [-0.1, -0.05) is 48.6 Å². The van der Waals surface area contributed by atoms with Gasteiger partial charge in [0, 0.05) is 12.6 Å². The van der Waals surface area contributed by atoms with E-state index in [9.17, 15) is 4.79 Å². The van der Waals surface area contributed by atoms with Crippen molar-refractivity contribution in [3.8, 4) is 0 Å². The van der Waals surface area contributed by atoms with E-state index in [1.807, 2.05) is 36.4 Å². The molecule has 0 amide bonds. The van der Waals surface area contributed by atoms with Crippen molar-refractivity contribution in [2.24, 2.45) is 5.73 Å². The molecule has 17 heavy (non-hydrogen) atoms. The van der Waals surface area contributed by atoms with E-state index < -0.39 is 5.97 Å². The Kier molecular flexibility index (Phi) is 9.41. The minimum Gasteiger partial charge on any atom is -0.478 e. The third-order valence-corrected chi connectivity index (χ3v) is 1.57. The first-order valence-corrected chi connectivity index (χ1v) is 5.14. The number of hydrogen-bond acceptors (Lipinski definition) is 3. The molecule has 1 aromatic carbocycles. The van der Waals surface area contributed by atoms with Gasteiger partial charge in [-0.3, -0.25) is 0 Å². The van der Waals surface area contributed by atoms with Gasteiger partial charge in [0.15, 0.2) is 0 Å². The molecule has 0 heterocycles. The maximum atomic E-state index is 10.1. The van der Waals surface area contributed by atoms with Crippen molar-refractivity contribution in [2.75, 3.05) is 13.2 Å². The van der Waals surface area contributed by atoms with Crippen LogP contribution in [0.1, 0.15) is 5.56 Å². The van der Waals surface area contributed by atoms with Crippen molar-refractivity contribution in [1.82, 2.24) is 0 Å². The fraction of sp³-hybridized carbons (Fsp3) is 0.154. The predicted molar refractivity (Wildman–Crippen MR) is 68.4 cm³/mol. The molecule has 0 radical (unpaired) electrons. The summed E-state index contributed by atoms with van der Waals surface area (Å²) >= 11 is 0. The number of nitrogens with two attached hydrogens (primary N) is 1. The van der Waals surface area contributed by atoms with Gasteiger partial charge in [-0.2, -0.15) is 0 Å². The predicted octanol–water partition coefficient (Wildman–Crippen LogP) is 1.28. The number of carbonyl (C=O) groups is 1. The highest BCUT2D eigenvalue weighted by molar-refractivity contribution is 5.80. The van der Waals surface area contributed by atoms with Crippen molar-refractivity contribution in [3.63, 3.8) is 0 Å². The summed E-state index contributed by atoms with van der Waals surface area (Å²) in [6, 6.07) is 9.70. The minimum absolute atomic E-state index is 0.0972. The molecular formula is C13H17NO3. The Bertz CT molecular complexity index is 356. The van der Waals surface area contributed by atoms with E-state index in [4.69, 9.17) is 15.9 Å². The second kappa shape index (κ2) is 10.6. The number of aliphatic carboxylic acids is 1. The summed E-state index contributed by atoms with van der Waals surface area (Å²) in [6.45, 7) is 0.472. The van der Waals surface area contributed by atoms with Gasteiger partial charge < -0.3 is 15.9 Å². The molecule has 4 heteroatoms. The fourth-order valence-corrected chi connectivity index (χ4v) is 0.869. The first-order valence-electron chi connectivity index (χ1n) is 5.14. The lowest BCUT2D eigenvalue weighted by molar-refractivity contribution is -0.131. The zero-order valence-electron chi connectivity index (χ0n) is 9.49. The number of benzene rings is 1. The zero-order chi connectivity index (χ0) is 12.9. The molecule has 0 aromatic heterocycles. The average Bonchev–Trinajstić information content (AvgIpc) is 2.36. The molecule has 92 valence electrons. The molecule has 1 rings (SSSR count). The first-order chi connectivity index (χ1) is 8.20. The maximum absolute atomic E-state index is 10.1. The normalized spacial score (nSPS) is 10.2. The van der Waals surface area contributed by atoms with Gasteiger partial charge in [0.1, 0.15) is 0 Å². The van der Waals surface area contributed by atoms with Crippen molar-refractivity contribution >= 4 is 12.0 Å². The van der Waals surface area contributed by atoms with E-state index >= 15 is 0 Å². The molecule has 0 aliphatic carbocycles. The molecule has 0 atom stereocenters. The van der Waals surface area contributed by atoms with E-state index in [0.29, 0.717) is 6.54 Å². The number of aliphatic hydroxyl groups is 1. The van der Waals surface area contributed by atoms with Gasteiger partial charge in [-0.05, 0) is 5.56 Å². The second-order valence-corrected chi connectivity index (χ2v) is 2.98. The van der Waals surface area contributed by atoms with Crippen LogP contribution in [0.4, 0.5) is 0 Å². The summed E-state index contributed by atoms with van der Waals surface area (Å²) < 4.78 is 0. The van der Waals surface area contributed by atoms with Gasteiger partial charge >= 0.3 is 5.97 Å². The van der Waals surface area contributed by atoms with Crippen LogP contribution in [0.2, 0.25) is 0 Å². The summed E-state index contributed by atoms with van der Waals surface area (Å²) in [5.74, 6) is -0.933. The summed E-state index contributed by atoms with van der Waals surface area (Å²) in [4.78, 5) is 10.1. The molecule has 0 aliphatic heterocycles. The van der Waals surface area contributed by atoms with Crippen molar-refractivity contribution in [2.45, 2.75) is 0 Å². The third kappa shape index (κ3) is 10.4. The maximum Gasteiger partial charge on any atom is 0.328 e. The number of rotatable bonds is 4. The van der Waals surface area contributed by atoms with Crippen LogP contribution in [0.25, 0.3) is 6.08 Å². The molecule has 0 unspecified atom stereocenters. The summed E-state index contributed by atoms with van der Waals surface area (Å²) in [5.41, 5.74) is 5.83. The van der Waals surface area contributed by atoms with Crippen LogP contribution in [0.15, 0.2) is 48.6 Å². The second-order valence-electron chi connectivity index (χ2n) is 2.98. The van der Waals surface area contributed by atoms with Gasteiger partial charge in [0.05, 0.1) is 6.61 Å². The summed E-state index contributed by atoms with van der Waals surface area (Å²) in [6.07, 6.45) is 6.14. The molecule has 0 bridgehead atoms. The molecule has 0 fully saturated rings. The van der Waals surface area contributed by atoms with Crippen LogP contribution in [-0.2, 0) is 4.79 Å². The van der Waals surface area contributed by atoms with E-state index in [0.717, 1.165) is 11.6 Å². The lowest BCUT2D eigenvalue weighted by atomic mass is 10.2. The number of hydrogen-bond donors (Lipinski definition) is 3. The highest BCUT2D eigenvalue weighted by atomic mass is 16.4. The molecule has 0 saturated heterocycles. The van der Waals surface area contributed by atoms with Crippen LogP contribution in [0, 0.1) is 0 Å². The highest BCUT2D eigenvalue weighted by Gasteiger charge is 1.82. The quantitative estimate of drug-likeness (QED) is 0.542. The van der Waals surface area contributed by atoms with Gasteiger partial charge in [0.25, 0.3) is 0 Å². The van der Waals surface area contributed by atoms with E-state index in [2.05, 4.69) is 0 Å². The Balaban J connectivity index is 0.000000557. The number of aliphatic hydroxyl groups excluding tert-OH is 1. The Morgan fingerprint density at radius 3 is 2.29 bits per heavy atom. The molecule has 0 spiro atoms. The fourth-order valence-electron chi connectivity index (χ4n) is 0.869. The lowest BCUT2D eigenvalue weighted by Crippen LogP contribution is -2.02. The highest BCUT2D eigenvalue weighted by Crippen LogP contribution is 2.00. The van der Waals surface area contributed by atoms with Crippen LogP contribution in [0.3, 0.4) is 0 Å². The lowest BCUT2D eigenvalue weighted by Gasteiger charge is -1.87. The van der Waals surface area contributed by atoms with Crippen LogP contribution < -0.4 is 5.73 Å². The molecule has 1 aromatic rings. The number of allylic oxidation sites excluding steroid dienone is 2. The smallest absolute Gasteiger partial charge is 0.328 e. The Morgan fingerprint density at radius 1 is 1.24 bits per heavy atom. The molecule has 4 nitrogen and oxygen atoms in total. The van der Waals surface area contributed by atoms with Crippen LogP contribution in [0.5, 0.6) is 0 Å². The molecule has 4 N–H and O–H groups in total. The minimum atomic E-state index is -0.933. The van der Waals surface area contributed by atoms with Crippen molar-refractivity contribution < 1.29 is 15.0 Å². The van der Waals surface area contributed by atoms with Gasteiger partial charge in [-0.15, -0.1) is 0 Å². The molecular weight excluding hydrogens is 218 g/mol. The van der Waals surface area contributed by atoms with E-state index in [1.165, 1.54) is 6.08 Å². The average molecular weight is 235 g/mol. The zero-order valence-corrected chi connectivity index (χ0v) is 9.49. The largest absolute Gasteiger partial charge is 0.478 e. The Hall–Kier alpha value is -1.91. The first kappa shape index (κ1) is 15.1. The van der Waals surface area contributed by atoms with Crippen molar-refractivity contribution in [1.29, 1.82) is 0 Å². The van der Waals surface area contributed by atoms with Crippen LogP contribution in [-0.4, -0.2) is 29.3 Å². The van der Waals surface area contributed by atoms with Gasteiger partial charge in [-0.25, -0.2) is 4.79 Å². The van der Waals surface area contributed by atoms with E-state index in [1.54, 1.807) is 6.08 Å². The van der Waals surface area contributed by atoms with Crippen LogP contribution >= 0.6 is 0 Å². The monoisotopic (exact) mass is 235 g/mol. The number of carboxylic acids is 1. The molecule has 0 aliphatic rings. The number of carboxylic acid groups (broad SMARTS) is 1. The Labute approximate surface area is 101 Å². The van der Waals surface area contributed by atoms with Gasteiger partial charge in [0.2, 0.25) is 0 Å². The van der Waals surface area contributed by atoms with E-state index in [-0.39, 0.29) is 6.61 Å². The molecule has 0 saturated carbocycles. The third-order valence-electron chi connectivity index (χ3n) is 1.57. The topological polar surface area (TPSA) is 83.5 Å². The Morgan fingerprint density at radius 2 is 1.82 bits per heavy atom. The SMILES string of the molecule is NCCO.O=C(O)C=CC=Cc1ccccc1. The summed E-state index contributed by atoms with van der Waals surface area (Å²) in [7, 11) is 0.